The Morgan fingerprint density at radius 2 is 1.65 bits per heavy atom. The minimum atomic E-state index is -1.72. The highest BCUT2D eigenvalue weighted by atomic mass is 35.5. The van der Waals surface area contributed by atoms with Crippen molar-refractivity contribution >= 4 is 31.5 Å². The van der Waals surface area contributed by atoms with Gasteiger partial charge in [-0.05, 0) is 25.2 Å². The molecular weight excluding hydrogens is 311 g/mol. The lowest BCUT2D eigenvalue weighted by molar-refractivity contribution is 0.189. The predicted molar refractivity (Wildman–Crippen MR) is 89.2 cm³/mol. The molecule has 3 nitrogen and oxygen atoms in total. The molecule has 1 atom stereocenters. The minimum Gasteiger partial charge on any atom is -0.409 e. The van der Waals surface area contributed by atoms with E-state index in [0.717, 1.165) is 23.7 Å². The SMILES string of the molecule is CC[Si](CC)(CC)OC(CNC)c1c(Cl)cncc1Cl. The van der Waals surface area contributed by atoms with Crippen molar-refractivity contribution in [3.05, 3.63) is 28.0 Å². The van der Waals surface area contributed by atoms with E-state index >= 15 is 0 Å². The summed E-state index contributed by atoms with van der Waals surface area (Å²) in [7, 11) is 0.185. The first-order chi connectivity index (χ1) is 9.53. The van der Waals surface area contributed by atoms with Crippen LogP contribution in [0.4, 0.5) is 0 Å². The maximum absolute atomic E-state index is 6.55. The summed E-state index contributed by atoms with van der Waals surface area (Å²) >= 11 is 12.6. The normalized spacial score (nSPS) is 13.5. The summed E-state index contributed by atoms with van der Waals surface area (Å²) in [5, 5.41) is 4.32. The maximum Gasteiger partial charge on any atom is 0.192 e. The van der Waals surface area contributed by atoms with E-state index < -0.39 is 8.32 Å². The predicted octanol–water partition coefficient (Wildman–Crippen LogP) is 4.67. The fraction of sp³-hybridized carbons (Fsp3) is 0.643. The summed E-state index contributed by atoms with van der Waals surface area (Å²) < 4.78 is 6.55. The molecule has 0 saturated heterocycles. The highest BCUT2D eigenvalue weighted by molar-refractivity contribution is 6.73. The van der Waals surface area contributed by atoms with Gasteiger partial charge in [0.2, 0.25) is 0 Å². The second kappa shape index (κ2) is 8.34. The number of nitrogens with one attached hydrogen (secondary N) is 1. The van der Waals surface area contributed by atoms with Gasteiger partial charge in [0, 0.05) is 24.5 Å². The average Bonchev–Trinajstić information content (AvgIpc) is 2.44. The highest BCUT2D eigenvalue weighted by Gasteiger charge is 2.33. The zero-order valence-corrected chi connectivity index (χ0v) is 15.2. The van der Waals surface area contributed by atoms with Gasteiger partial charge in [-0.1, -0.05) is 44.0 Å². The fourth-order valence-electron chi connectivity index (χ4n) is 2.42. The topological polar surface area (TPSA) is 34.1 Å². The number of likely N-dealkylation sites (N-methyl/N-ethyl adjacent to an activating group) is 1. The smallest absolute Gasteiger partial charge is 0.192 e. The standard InChI is InChI=1S/C14H24Cl2N2OSi/c1-5-20(6-2,7-3)19-13(10-17-4)14-11(15)8-18-9-12(14)16/h8-9,13,17H,5-7,10H2,1-4H3. The van der Waals surface area contributed by atoms with Crippen molar-refractivity contribution in [3.8, 4) is 0 Å². The van der Waals surface area contributed by atoms with Gasteiger partial charge in [0.25, 0.3) is 0 Å². The van der Waals surface area contributed by atoms with Gasteiger partial charge in [0.05, 0.1) is 16.1 Å². The Balaban J connectivity index is 3.11. The van der Waals surface area contributed by atoms with E-state index in [2.05, 4.69) is 31.1 Å². The third-order valence-electron chi connectivity index (χ3n) is 3.93. The molecule has 20 heavy (non-hydrogen) atoms. The van der Waals surface area contributed by atoms with Crippen LogP contribution in [0.1, 0.15) is 32.4 Å². The number of rotatable bonds is 8. The molecule has 0 aliphatic carbocycles. The molecule has 0 radical (unpaired) electrons. The van der Waals surface area contributed by atoms with Crippen molar-refractivity contribution in [2.75, 3.05) is 13.6 Å². The first-order valence-corrected chi connectivity index (χ1v) is 10.4. The lowest BCUT2D eigenvalue weighted by atomic mass is 10.1. The molecule has 0 aromatic carbocycles. The lowest BCUT2D eigenvalue weighted by Crippen LogP contribution is -2.39. The van der Waals surface area contributed by atoms with Crippen LogP contribution in [0.5, 0.6) is 0 Å². The molecule has 1 aromatic rings. The monoisotopic (exact) mass is 334 g/mol. The van der Waals surface area contributed by atoms with E-state index in [4.69, 9.17) is 27.6 Å². The molecule has 0 aliphatic heterocycles. The zero-order valence-electron chi connectivity index (χ0n) is 12.7. The van der Waals surface area contributed by atoms with Crippen LogP contribution >= 0.6 is 23.2 Å². The van der Waals surface area contributed by atoms with Crippen molar-refractivity contribution in [3.63, 3.8) is 0 Å². The van der Waals surface area contributed by atoms with Crippen LogP contribution in [0.2, 0.25) is 28.2 Å². The number of nitrogens with zero attached hydrogens (tertiary/aromatic N) is 1. The van der Waals surface area contributed by atoms with Gasteiger partial charge < -0.3 is 9.74 Å². The average molecular weight is 335 g/mol. The first kappa shape index (κ1) is 17.9. The summed E-state index contributed by atoms with van der Waals surface area (Å²) in [6.45, 7) is 7.33. The van der Waals surface area contributed by atoms with Crippen molar-refractivity contribution in [1.29, 1.82) is 0 Å². The van der Waals surface area contributed by atoms with Crippen LogP contribution in [0.15, 0.2) is 12.4 Å². The number of aromatic nitrogens is 1. The number of hydrogen-bond donors (Lipinski definition) is 1. The van der Waals surface area contributed by atoms with Gasteiger partial charge in [0.1, 0.15) is 0 Å². The summed E-state index contributed by atoms with van der Waals surface area (Å²) in [6.07, 6.45) is 3.14. The quantitative estimate of drug-likeness (QED) is 0.701. The number of halogens is 2. The van der Waals surface area contributed by atoms with Crippen LogP contribution < -0.4 is 5.32 Å². The molecule has 0 aliphatic rings. The minimum absolute atomic E-state index is 0.116. The Bertz CT molecular complexity index is 399. The summed E-state index contributed by atoms with van der Waals surface area (Å²) in [4.78, 5) is 4.02. The lowest BCUT2D eigenvalue weighted by Gasteiger charge is -2.34. The molecule has 1 N–H and O–H groups in total. The van der Waals surface area contributed by atoms with E-state index in [0.29, 0.717) is 16.6 Å². The van der Waals surface area contributed by atoms with Crippen molar-refractivity contribution in [2.45, 2.75) is 45.0 Å². The van der Waals surface area contributed by atoms with Crippen LogP contribution in [-0.2, 0) is 4.43 Å². The Morgan fingerprint density at radius 3 is 2.05 bits per heavy atom. The Kier molecular flexibility index (Phi) is 7.47. The molecule has 1 rings (SSSR count). The van der Waals surface area contributed by atoms with Crippen LogP contribution in [-0.4, -0.2) is 26.9 Å². The molecule has 0 spiro atoms. The van der Waals surface area contributed by atoms with Crippen LogP contribution in [0.25, 0.3) is 0 Å². The van der Waals surface area contributed by atoms with Gasteiger partial charge in [-0.3, -0.25) is 4.98 Å². The van der Waals surface area contributed by atoms with E-state index in [1.54, 1.807) is 12.4 Å². The van der Waals surface area contributed by atoms with E-state index in [9.17, 15) is 0 Å². The summed E-state index contributed by atoms with van der Waals surface area (Å²) in [5.41, 5.74) is 0.852. The van der Waals surface area contributed by atoms with Gasteiger partial charge >= 0.3 is 0 Å². The maximum atomic E-state index is 6.55. The second-order valence-corrected chi connectivity index (χ2v) is 10.5. The molecule has 0 fully saturated rings. The number of pyridine rings is 1. The molecule has 0 amide bonds. The fourth-order valence-corrected chi connectivity index (χ4v) is 5.83. The van der Waals surface area contributed by atoms with Crippen molar-refractivity contribution < 1.29 is 4.43 Å². The molecule has 1 aromatic heterocycles. The van der Waals surface area contributed by atoms with Gasteiger partial charge in [-0.15, -0.1) is 0 Å². The molecule has 0 bridgehead atoms. The number of hydrogen-bond acceptors (Lipinski definition) is 3. The summed E-state index contributed by atoms with van der Waals surface area (Å²) in [5.74, 6) is 0. The molecule has 6 heteroatoms. The van der Waals surface area contributed by atoms with Crippen molar-refractivity contribution in [2.24, 2.45) is 0 Å². The first-order valence-electron chi connectivity index (χ1n) is 7.14. The second-order valence-electron chi connectivity index (χ2n) is 4.92. The molecular formula is C14H24Cl2N2OSi. The van der Waals surface area contributed by atoms with Gasteiger partial charge in [-0.2, -0.15) is 0 Å². The summed E-state index contributed by atoms with van der Waals surface area (Å²) in [6, 6.07) is 3.29. The Labute approximate surface area is 133 Å². The third-order valence-corrected chi connectivity index (χ3v) is 9.18. The van der Waals surface area contributed by atoms with Crippen molar-refractivity contribution in [1.82, 2.24) is 10.3 Å². The molecule has 1 unspecified atom stereocenters. The Hall–Kier alpha value is -0.133. The van der Waals surface area contributed by atoms with E-state index in [1.807, 2.05) is 7.05 Å². The van der Waals surface area contributed by atoms with E-state index in [-0.39, 0.29) is 6.10 Å². The molecule has 1 heterocycles. The van der Waals surface area contributed by atoms with Gasteiger partial charge in [-0.25, -0.2) is 0 Å². The van der Waals surface area contributed by atoms with Crippen LogP contribution in [0, 0.1) is 0 Å². The third kappa shape index (κ3) is 4.18. The van der Waals surface area contributed by atoms with E-state index in [1.165, 1.54) is 0 Å². The highest BCUT2D eigenvalue weighted by Crippen LogP contribution is 2.35. The zero-order chi connectivity index (χ0) is 15.2. The largest absolute Gasteiger partial charge is 0.409 e. The molecule has 0 saturated carbocycles. The Morgan fingerprint density at radius 1 is 1.15 bits per heavy atom. The van der Waals surface area contributed by atoms with Gasteiger partial charge in [0.15, 0.2) is 8.32 Å². The van der Waals surface area contributed by atoms with Crippen LogP contribution in [0.3, 0.4) is 0 Å². The molecule has 114 valence electrons.